The maximum atomic E-state index is 12.2. The van der Waals surface area contributed by atoms with E-state index in [1.54, 1.807) is 0 Å². The van der Waals surface area contributed by atoms with E-state index < -0.39 is 24.1 Å². The van der Waals surface area contributed by atoms with E-state index in [0.29, 0.717) is 6.42 Å². The van der Waals surface area contributed by atoms with Crippen molar-refractivity contribution in [2.45, 2.75) is 25.1 Å². The molecule has 1 aliphatic rings. The topological polar surface area (TPSA) is 49.3 Å². The summed E-state index contributed by atoms with van der Waals surface area (Å²) in [5.74, 6) is -2.72. The SMILES string of the molecule is Cl.O=C(O)[C@H]1CCCN[C@H]1C(F)(F)F. The quantitative estimate of drug-likeness (QED) is 0.720. The first kappa shape index (κ1) is 13.5. The summed E-state index contributed by atoms with van der Waals surface area (Å²) in [5, 5.41) is 10.7. The van der Waals surface area contributed by atoms with Crippen molar-refractivity contribution in [2.75, 3.05) is 6.54 Å². The highest BCUT2D eigenvalue weighted by Crippen LogP contribution is 2.30. The summed E-state index contributed by atoms with van der Waals surface area (Å²) in [7, 11) is 0. The number of hydrogen-bond donors (Lipinski definition) is 2. The smallest absolute Gasteiger partial charge is 0.404 e. The fourth-order valence-corrected chi connectivity index (χ4v) is 1.50. The van der Waals surface area contributed by atoms with Crippen LogP contribution in [0.1, 0.15) is 12.8 Å². The molecule has 7 heteroatoms. The Morgan fingerprint density at radius 1 is 1.43 bits per heavy atom. The van der Waals surface area contributed by atoms with E-state index in [0.717, 1.165) is 0 Å². The third kappa shape index (κ3) is 3.02. The summed E-state index contributed by atoms with van der Waals surface area (Å²) >= 11 is 0. The molecular formula is C7H11ClF3NO2. The Hall–Kier alpha value is -0.490. The number of aliphatic carboxylic acids is 1. The molecule has 1 fully saturated rings. The van der Waals surface area contributed by atoms with E-state index >= 15 is 0 Å². The summed E-state index contributed by atoms with van der Waals surface area (Å²) in [4.78, 5) is 10.5. The van der Waals surface area contributed by atoms with Gasteiger partial charge in [0, 0.05) is 0 Å². The van der Waals surface area contributed by atoms with Gasteiger partial charge in [0.1, 0.15) is 6.04 Å². The molecule has 0 radical (unpaired) electrons. The number of carboxylic acid groups (broad SMARTS) is 1. The van der Waals surface area contributed by atoms with Crippen molar-refractivity contribution in [3.05, 3.63) is 0 Å². The molecule has 1 aliphatic heterocycles. The van der Waals surface area contributed by atoms with Gasteiger partial charge in [0.2, 0.25) is 0 Å². The third-order valence-electron chi connectivity index (χ3n) is 2.13. The number of rotatable bonds is 1. The second-order valence-electron chi connectivity index (χ2n) is 3.06. The molecule has 2 atom stereocenters. The molecule has 0 spiro atoms. The van der Waals surface area contributed by atoms with Gasteiger partial charge in [-0.05, 0) is 19.4 Å². The lowest BCUT2D eigenvalue weighted by atomic mass is 9.90. The molecule has 1 saturated heterocycles. The van der Waals surface area contributed by atoms with Crippen molar-refractivity contribution >= 4 is 18.4 Å². The Balaban J connectivity index is 0.00000169. The van der Waals surface area contributed by atoms with Crippen LogP contribution in [-0.4, -0.2) is 29.8 Å². The van der Waals surface area contributed by atoms with Crippen molar-refractivity contribution in [3.63, 3.8) is 0 Å². The van der Waals surface area contributed by atoms with Crippen molar-refractivity contribution in [1.29, 1.82) is 0 Å². The zero-order valence-corrected chi connectivity index (χ0v) is 7.99. The molecule has 0 aliphatic carbocycles. The van der Waals surface area contributed by atoms with Crippen LogP contribution < -0.4 is 5.32 Å². The van der Waals surface area contributed by atoms with Crippen LogP contribution in [0.5, 0.6) is 0 Å². The van der Waals surface area contributed by atoms with Crippen molar-refractivity contribution < 1.29 is 23.1 Å². The highest BCUT2D eigenvalue weighted by atomic mass is 35.5. The molecule has 84 valence electrons. The second kappa shape index (κ2) is 4.84. The minimum atomic E-state index is -4.47. The van der Waals surface area contributed by atoms with Crippen LogP contribution >= 0.6 is 12.4 Å². The van der Waals surface area contributed by atoms with Gasteiger partial charge in [-0.1, -0.05) is 0 Å². The van der Waals surface area contributed by atoms with Gasteiger partial charge >= 0.3 is 12.1 Å². The van der Waals surface area contributed by atoms with Gasteiger partial charge in [0.05, 0.1) is 5.92 Å². The van der Waals surface area contributed by atoms with Gasteiger partial charge in [-0.3, -0.25) is 4.79 Å². The number of hydrogen-bond acceptors (Lipinski definition) is 2. The van der Waals surface area contributed by atoms with E-state index in [1.807, 2.05) is 0 Å². The first-order valence-corrected chi connectivity index (χ1v) is 3.96. The lowest BCUT2D eigenvalue weighted by molar-refractivity contribution is -0.183. The lowest BCUT2D eigenvalue weighted by Gasteiger charge is -2.31. The molecule has 0 amide bonds. The molecule has 0 aromatic rings. The van der Waals surface area contributed by atoms with E-state index in [9.17, 15) is 18.0 Å². The summed E-state index contributed by atoms with van der Waals surface area (Å²) in [6, 6.07) is -1.89. The number of piperidine rings is 1. The Morgan fingerprint density at radius 2 is 2.00 bits per heavy atom. The van der Waals surface area contributed by atoms with Gasteiger partial charge in [-0.25, -0.2) is 0 Å². The molecule has 3 nitrogen and oxygen atoms in total. The molecule has 0 unspecified atom stereocenters. The maximum absolute atomic E-state index is 12.2. The first-order chi connectivity index (χ1) is 5.93. The molecule has 0 bridgehead atoms. The number of nitrogens with one attached hydrogen (secondary N) is 1. The van der Waals surface area contributed by atoms with Crippen LogP contribution in [0.4, 0.5) is 13.2 Å². The normalized spacial score (nSPS) is 27.9. The highest BCUT2D eigenvalue weighted by Gasteiger charge is 2.48. The second-order valence-corrected chi connectivity index (χ2v) is 3.06. The fraction of sp³-hybridized carbons (Fsp3) is 0.857. The van der Waals surface area contributed by atoms with Gasteiger partial charge in [-0.15, -0.1) is 12.4 Å². The number of halogens is 4. The Morgan fingerprint density at radius 3 is 2.36 bits per heavy atom. The summed E-state index contributed by atoms with van der Waals surface area (Å²) in [5.41, 5.74) is 0. The Labute approximate surface area is 85.1 Å². The number of alkyl halides is 3. The van der Waals surface area contributed by atoms with Crippen molar-refractivity contribution in [3.8, 4) is 0 Å². The van der Waals surface area contributed by atoms with Crippen LogP contribution in [-0.2, 0) is 4.79 Å². The first-order valence-electron chi connectivity index (χ1n) is 3.96. The van der Waals surface area contributed by atoms with E-state index in [4.69, 9.17) is 5.11 Å². The monoisotopic (exact) mass is 233 g/mol. The zero-order valence-electron chi connectivity index (χ0n) is 7.17. The molecule has 2 N–H and O–H groups in total. The summed E-state index contributed by atoms with van der Waals surface area (Å²) in [6.07, 6.45) is -3.90. The number of carboxylic acids is 1. The molecule has 0 aromatic heterocycles. The Bertz CT molecular complexity index is 210. The van der Waals surface area contributed by atoms with Crippen molar-refractivity contribution in [2.24, 2.45) is 5.92 Å². The highest BCUT2D eigenvalue weighted by molar-refractivity contribution is 5.85. The standard InChI is InChI=1S/C7H10F3NO2.ClH/c8-7(9,10)5-4(6(12)13)2-1-3-11-5;/h4-5,11H,1-3H2,(H,12,13);1H/t4-,5+;/m0./s1. The molecule has 0 aromatic carbocycles. The zero-order chi connectivity index (χ0) is 10.1. The van der Waals surface area contributed by atoms with Crippen LogP contribution in [0.25, 0.3) is 0 Å². The van der Waals surface area contributed by atoms with Gasteiger partial charge < -0.3 is 10.4 Å². The van der Waals surface area contributed by atoms with E-state index in [2.05, 4.69) is 5.32 Å². The van der Waals surface area contributed by atoms with Gasteiger partial charge in [0.25, 0.3) is 0 Å². The van der Waals surface area contributed by atoms with Crippen LogP contribution in [0.15, 0.2) is 0 Å². The Kier molecular flexibility index (Phi) is 4.67. The summed E-state index contributed by atoms with van der Waals surface area (Å²) < 4.78 is 36.7. The number of carbonyl (C=O) groups is 1. The average Bonchev–Trinajstić information content (AvgIpc) is 2.03. The van der Waals surface area contributed by atoms with Crippen LogP contribution in [0.2, 0.25) is 0 Å². The molecule has 1 rings (SSSR count). The third-order valence-corrected chi connectivity index (χ3v) is 2.13. The largest absolute Gasteiger partial charge is 0.481 e. The van der Waals surface area contributed by atoms with Crippen molar-refractivity contribution in [1.82, 2.24) is 5.32 Å². The maximum Gasteiger partial charge on any atom is 0.404 e. The van der Waals surface area contributed by atoms with Gasteiger partial charge in [-0.2, -0.15) is 13.2 Å². The molecule has 0 saturated carbocycles. The minimum absolute atomic E-state index is 0. The molecular weight excluding hydrogens is 223 g/mol. The van der Waals surface area contributed by atoms with Crippen LogP contribution in [0, 0.1) is 5.92 Å². The van der Waals surface area contributed by atoms with E-state index in [-0.39, 0.29) is 25.4 Å². The predicted molar refractivity (Wildman–Crippen MR) is 45.5 cm³/mol. The fourth-order valence-electron chi connectivity index (χ4n) is 1.50. The summed E-state index contributed by atoms with van der Waals surface area (Å²) in [6.45, 7) is 0.230. The lowest BCUT2D eigenvalue weighted by Crippen LogP contribution is -2.53. The average molecular weight is 234 g/mol. The van der Waals surface area contributed by atoms with E-state index in [1.165, 1.54) is 0 Å². The molecule has 1 heterocycles. The molecule has 14 heavy (non-hydrogen) atoms. The predicted octanol–water partition coefficient (Wildman–Crippen LogP) is 1.42. The van der Waals surface area contributed by atoms with Gasteiger partial charge in [0.15, 0.2) is 0 Å². The van der Waals surface area contributed by atoms with Crippen LogP contribution in [0.3, 0.4) is 0 Å². The minimum Gasteiger partial charge on any atom is -0.481 e.